The number of benzene rings is 2. The van der Waals surface area contributed by atoms with Crippen LogP contribution >= 0.6 is 0 Å². The smallest absolute Gasteiger partial charge is 0.411 e. The summed E-state index contributed by atoms with van der Waals surface area (Å²) in [4.78, 5) is 24.7. The standard InChI is InChI=1S/C17H14N2O4/c1-12-16(17(20)23-11-13-7-3-2-4-8-13)19(22)15-10-6-5-9-14(15)18(12)21/h2-10H,11H2,1H3. The van der Waals surface area contributed by atoms with Crippen molar-refractivity contribution in [2.24, 2.45) is 0 Å². The molecule has 0 atom stereocenters. The van der Waals surface area contributed by atoms with Crippen molar-refractivity contribution in [1.82, 2.24) is 4.73 Å². The van der Waals surface area contributed by atoms with E-state index in [0.717, 1.165) is 5.56 Å². The number of hydrogen-bond donors (Lipinski definition) is 0. The summed E-state index contributed by atoms with van der Waals surface area (Å²) in [6.45, 7) is 1.46. The molecule has 0 N–H and O–H groups in total. The third kappa shape index (κ3) is 2.66. The van der Waals surface area contributed by atoms with E-state index >= 15 is 0 Å². The fourth-order valence-electron chi connectivity index (χ4n) is 2.37. The molecule has 0 saturated carbocycles. The molecule has 0 radical (unpaired) electrons. The van der Waals surface area contributed by atoms with Crippen molar-refractivity contribution < 1.29 is 14.0 Å². The maximum Gasteiger partial charge on any atom is 0.411 e. The molecule has 0 aliphatic carbocycles. The van der Waals surface area contributed by atoms with Crippen LogP contribution in [-0.4, -0.2) is 10.7 Å². The first kappa shape index (κ1) is 14.8. The summed E-state index contributed by atoms with van der Waals surface area (Å²) in [5.74, 6) is -0.822. The summed E-state index contributed by atoms with van der Waals surface area (Å²) in [7, 11) is 0. The number of fused-ring (bicyclic) bond motifs is 1. The van der Waals surface area contributed by atoms with E-state index in [4.69, 9.17) is 4.74 Å². The van der Waals surface area contributed by atoms with Gasteiger partial charge >= 0.3 is 11.7 Å². The van der Waals surface area contributed by atoms with Crippen LogP contribution in [0, 0.1) is 17.0 Å². The molecule has 0 amide bonds. The van der Waals surface area contributed by atoms with Gasteiger partial charge in [0.15, 0.2) is 0 Å². The van der Waals surface area contributed by atoms with Crippen LogP contribution in [0.5, 0.6) is 0 Å². The van der Waals surface area contributed by atoms with Crippen molar-refractivity contribution in [2.45, 2.75) is 13.5 Å². The van der Waals surface area contributed by atoms with Crippen molar-refractivity contribution in [3.63, 3.8) is 0 Å². The largest absolute Gasteiger partial charge is 0.805 e. The van der Waals surface area contributed by atoms with Crippen molar-refractivity contribution >= 4 is 17.0 Å². The van der Waals surface area contributed by atoms with Crippen LogP contribution < -0.4 is 4.43 Å². The minimum Gasteiger partial charge on any atom is -0.805 e. The highest BCUT2D eigenvalue weighted by atomic mass is 16.5. The first-order valence-electron chi connectivity index (χ1n) is 7.05. The van der Waals surface area contributed by atoms with Gasteiger partial charge in [0.25, 0.3) is 5.52 Å². The lowest BCUT2D eigenvalue weighted by Gasteiger charge is -2.15. The quantitative estimate of drug-likeness (QED) is 0.550. The number of hydrogen-bond acceptors (Lipinski definition) is 4. The zero-order chi connectivity index (χ0) is 16.4. The van der Waals surface area contributed by atoms with Gasteiger partial charge in [-0.05, 0) is 18.6 Å². The Morgan fingerprint density at radius 1 is 1.13 bits per heavy atom. The van der Waals surface area contributed by atoms with E-state index in [1.165, 1.54) is 19.1 Å². The highest BCUT2D eigenvalue weighted by molar-refractivity contribution is 5.88. The van der Waals surface area contributed by atoms with E-state index in [1.807, 2.05) is 18.2 Å². The molecule has 0 unspecified atom stereocenters. The Morgan fingerprint density at radius 3 is 2.52 bits per heavy atom. The van der Waals surface area contributed by atoms with Crippen LogP contribution in [0.2, 0.25) is 0 Å². The minimum atomic E-state index is -0.822. The SMILES string of the molecule is Cc1c(C(=O)OCc2ccccc2)[n+](=O)c2ccccc2n1[O-]. The summed E-state index contributed by atoms with van der Waals surface area (Å²) in [6.07, 6.45) is 0. The van der Waals surface area contributed by atoms with E-state index in [-0.39, 0.29) is 29.0 Å². The van der Waals surface area contributed by atoms with Crippen LogP contribution in [0.3, 0.4) is 0 Å². The van der Waals surface area contributed by atoms with E-state index in [9.17, 15) is 14.9 Å². The van der Waals surface area contributed by atoms with Crippen LogP contribution in [0.1, 0.15) is 21.7 Å². The molecule has 6 heteroatoms. The van der Waals surface area contributed by atoms with Gasteiger partial charge in [-0.25, -0.2) is 4.79 Å². The number of esters is 1. The number of nitrogens with zero attached hydrogens (tertiary/aromatic N) is 2. The second-order valence-corrected chi connectivity index (χ2v) is 5.07. The zero-order valence-electron chi connectivity index (χ0n) is 12.4. The monoisotopic (exact) mass is 310 g/mol. The molecule has 23 heavy (non-hydrogen) atoms. The highest BCUT2D eigenvalue weighted by Gasteiger charge is 2.28. The summed E-state index contributed by atoms with van der Waals surface area (Å²) in [5, 5.41) is 12.2. The van der Waals surface area contributed by atoms with Crippen LogP contribution in [-0.2, 0) is 11.3 Å². The van der Waals surface area contributed by atoms with Gasteiger partial charge in [-0.3, -0.25) is 0 Å². The van der Waals surface area contributed by atoms with Gasteiger partial charge in [-0.1, -0.05) is 42.5 Å². The second kappa shape index (κ2) is 5.92. The van der Waals surface area contributed by atoms with Crippen LogP contribution in [0.15, 0.2) is 54.6 Å². The maximum atomic E-state index is 12.4. The second-order valence-electron chi connectivity index (χ2n) is 5.07. The van der Waals surface area contributed by atoms with Gasteiger partial charge < -0.3 is 14.7 Å². The zero-order valence-corrected chi connectivity index (χ0v) is 12.4. The highest BCUT2D eigenvalue weighted by Crippen LogP contribution is 2.14. The third-order valence-electron chi connectivity index (χ3n) is 3.58. The molecule has 1 heterocycles. The molecule has 3 rings (SSSR count). The first-order chi connectivity index (χ1) is 11.1. The Balaban J connectivity index is 1.99. The molecule has 0 aliphatic rings. The third-order valence-corrected chi connectivity index (χ3v) is 3.58. The number of aromatic nitrogens is 2. The molecule has 1 aromatic heterocycles. The van der Waals surface area contributed by atoms with Crippen LogP contribution in [0.4, 0.5) is 0 Å². The molecule has 6 nitrogen and oxygen atoms in total. The summed E-state index contributed by atoms with van der Waals surface area (Å²) < 4.78 is 6.19. The fraction of sp³-hybridized carbons (Fsp3) is 0.118. The Bertz CT molecular complexity index is 932. The lowest BCUT2D eigenvalue weighted by molar-refractivity contribution is -0.469. The normalized spacial score (nSPS) is 10.7. The molecule has 0 bridgehead atoms. The lowest BCUT2D eigenvalue weighted by Crippen LogP contribution is -2.31. The Labute approximate surface area is 131 Å². The maximum absolute atomic E-state index is 12.4. The van der Waals surface area contributed by atoms with E-state index in [1.54, 1.807) is 24.3 Å². The van der Waals surface area contributed by atoms with Gasteiger partial charge in [0.2, 0.25) is 0 Å². The lowest BCUT2D eigenvalue weighted by atomic mass is 10.2. The molecule has 3 aromatic rings. The molecule has 2 aromatic carbocycles. The first-order valence-corrected chi connectivity index (χ1v) is 7.05. The topological polar surface area (TPSA) is 77.3 Å². The van der Waals surface area contributed by atoms with E-state index in [0.29, 0.717) is 9.16 Å². The molecule has 0 aliphatic heterocycles. The van der Waals surface area contributed by atoms with Crippen LogP contribution in [0.25, 0.3) is 11.0 Å². The molecule has 0 fully saturated rings. The summed E-state index contributed by atoms with van der Waals surface area (Å²) >= 11 is 0. The Kier molecular flexibility index (Phi) is 3.80. The summed E-state index contributed by atoms with van der Waals surface area (Å²) in [6, 6.07) is 15.4. The number of rotatable bonds is 3. The minimum absolute atomic E-state index is 0.0109. The molecule has 116 valence electrons. The summed E-state index contributed by atoms with van der Waals surface area (Å²) in [5.41, 5.74) is 0.845. The van der Waals surface area contributed by atoms with Crippen molar-refractivity contribution in [1.29, 1.82) is 0 Å². The van der Waals surface area contributed by atoms with Gasteiger partial charge in [0.1, 0.15) is 12.1 Å². The fourth-order valence-corrected chi connectivity index (χ4v) is 2.37. The molecular weight excluding hydrogens is 296 g/mol. The van der Waals surface area contributed by atoms with E-state index in [2.05, 4.69) is 0 Å². The van der Waals surface area contributed by atoms with Gasteiger partial charge in [-0.15, -0.1) is 0 Å². The Morgan fingerprint density at radius 2 is 1.78 bits per heavy atom. The van der Waals surface area contributed by atoms with Gasteiger partial charge in [0, 0.05) is 11.0 Å². The number of ether oxygens (including phenoxy) is 1. The Hall–Kier alpha value is -3.15. The number of carbonyl (C=O) groups excluding carboxylic acids is 1. The molecule has 0 saturated heterocycles. The predicted molar refractivity (Wildman–Crippen MR) is 84.4 cm³/mol. The van der Waals surface area contributed by atoms with Gasteiger partial charge in [-0.2, -0.15) is 0 Å². The average Bonchev–Trinajstić information content (AvgIpc) is 2.59. The van der Waals surface area contributed by atoms with Crippen molar-refractivity contribution in [3.8, 4) is 0 Å². The molecular formula is C17H14N2O4. The van der Waals surface area contributed by atoms with Crippen molar-refractivity contribution in [2.75, 3.05) is 0 Å². The predicted octanol–water partition coefficient (Wildman–Crippen LogP) is 2.57. The van der Waals surface area contributed by atoms with Gasteiger partial charge in [0.05, 0.1) is 10.1 Å². The van der Waals surface area contributed by atoms with E-state index < -0.39 is 5.97 Å². The number of carbonyl (C=O) groups is 1. The van der Waals surface area contributed by atoms with Crippen molar-refractivity contribution in [3.05, 3.63) is 81.7 Å². The average molecular weight is 310 g/mol. The number of para-hydroxylation sites is 2. The molecule has 0 spiro atoms.